The van der Waals surface area contributed by atoms with Gasteiger partial charge in [-0.2, -0.15) is 0 Å². The van der Waals surface area contributed by atoms with Crippen LogP contribution in [0.5, 0.6) is 5.75 Å². The van der Waals surface area contributed by atoms with Crippen molar-refractivity contribution in [1.29, 1.82) is 0 Å². The van der Waals surface area contributed by atoms with Crippen LogP contribution >= 0.6 is 11.8 Å². The number of hydrogen-bond donors (Lipinski definition) is 1. The van der Waals surface area contributed by atoms with E-state index < -0.39 is 12.3 Å². The van der Waals surface area contributed by atoms with E-state index in [1.165, 1.54) is 23.9 Å². The summed E-state index contributed by atoms with van der Waals surface area (Å²) in [6, 6.07) is 8.16. The second-order valence-electron chi connectivity index (χ2n) is 5.97. The number of pyridine rings is 1. The molecule has 0 saturated heterocycles. The number of aryl methyl sites for hydroxylation is 2. The third-order valence-electron chi connectivity index (χ3n) is 3.90. The fraction of sp³-hybridized carbons (Fsp3) is 0.211. The Bertz CT molecular complexity index is 984. The van der Waals surface area contributed by atoms with Gasteiger partial charge in [0.25, 0.3) is 5.91 Å². The number of thioether (sulfide) groups is 1. The quantitative estimate of drug-likeness (QED) is 0.554. The van der Waals surface area contributed by atoms with Crippen LogP contribution in [0, 0.1) is 13.8 Å². The molecule has 2 aromatic heterocycles. The molecule has 0 unspecified atom stereocenters. The van der Waals surface area contributed by atoms with Gasteiger partial charge >= 0.3 is 6.36 Å². The maximum absolute atomic E-state index is 12.6. The molecule has 0 fully saturated rings. The average molecular weight is 423 g/mol. The minimum absolute atomic E-state index is 0.329. The van der Waals surface area contributed by atoms with E-state index in [2.05, 4.69) is 20.2 Å². The van der Waals surface area contributed by atoms with Crippen LogP contribution < -0.4 is 10.1 Å². The molecule has 2 heterocycles. The number of aromatic nitrogens is 2. The summed E-state index contributed by atoms with van der Waals surface area (Å²) in [5.41, 5.74) is 2.39. The van der Waals surface area contributed by atoms with Crippen LogP contribution in [-0.2, 0) is 5.75 Å². The van der Waals surface area contributed by atoms with Crippen LogP contribution in [0.4, 0.5) is 18.9 Å². The molecule has 0 aliphatic carbocycles. The number of carbonyl (C=O) groups excluding carboxylic acids is 1. The van der Waals surface area contributed by atoms with Crippen molar-refractivity contribution < 1.29 is 27.2 Å². The Morgan fingerprint density at radius 3 is 2.55 bits per heavy atom. The summed E-state index contributed by atoms with van der Waals surface area (Å²) in [6.07, 6.45) is -3.19. The molecule has 0 spiro atoms. The first-order valence-corrected chi connectivity index (χ1v) is 9.38. The summed E-state index contributed by atoms with van der Waals surface area (Å²) in [6.45, 7) is 3.65. The molecule has 0 saturated carbocycles. The first-order valence-electron chi connectivity index (χ1n) is 8.39. The molecule has 1 amide bonds. The van der Waals surface area contributed by atoms with E-state index in [-0.39, 0.29) is 5.75 Å². The number of ether oxygens (including phenoxy) is 1. The zero-order valence-electron chi connectivity index (χ0n) is 15.4. The maximum atomic E-state index is 12.6. The van der Waals surface area contributed by atoms with Gasteiger partial charge in [-0.1, -0.05) is 5.16 Å². The first kappa shape index (κ1) is 20.7. The van der Waals surface area contributed by atoms with Gasteiger partial charge in [0.1, 0.15) is 16.5 Å². The molecule has 0 aliphatic heterocycles. The zero-order valence-corrected chi connectivity index (χ0v) is 16.2. The van der Waals surface area contributed by atoms with Crippen LogP contribution in [0.15, 0.2) is 52.1 Å². The van der Waals surface area contributed by atoms with Crippen molar-refractivity contribution in [1.82, 2.24) is 10.1 Å². The molecular weight excluding hydrogens is 407 g/mol. The van der Waals surface area contributed by atoms with Crippen molar-refractivity contribution in [3.63, 3.8) is 0 Å². The normalized spacial score (nSPS) is 11.3. The summed E-state index contributed by atoms with van der Waals surface area (Å²) >= 11 is 1.36. The number of nitrogens with zero attached hydrogens (tertiary/aromatic N) is 2. The minimum atomic E-state index is -4.77. The molecule has 0 bridgehead atoms. The topological polar surface area (TPSA) is 77.2 Å². The second kappa shape index (κ2) is 8.56. The lowest BCUT2D eigenvalue weighted by atomic mass is 10.2. The van der Waals surface area contributed by atoms with E-state index in [4.69, 9.17) is 4.52 Å². The number of anilines is 1. The number of amides is 1. The molecular formula is C19H16F3N3O3S. The van der Waals surface area contributed by atoms with Gasteiger partial charge in [0.15, 0.2) is 0 Å². The lowest BCUT2D eigenvalue weighted by Gasteiger charge is -2.11. The minimum Gasteiger partial charge on any atom is -0.406 e. The Morgan fingerprint density at radius 1 is 1.21 bits per heavy atom. The first-order chi connectivity index (χ1) is 13.7. The summed E-state index contributed by atoms with van der Waals surface area (Å²) in [5.74, 6) is 0.441. The second-order valence-corrected chi connectivity index (χ2v) is 6.94. The molecule has 1 N–H and O–H groups in total. The molecule has 10 heteroatoms. The fourth-order valence-electron chi connectivity index (χ4n) is 2.47. The highest BCUT2D eigenvalue weighted by atomic mass is 32.2. The SMILES string of the molecule is Cc1noc(C)c1CSc1ncccc1C(=O)Nc1ccc(OC(F)(F)F)cc1. The number of carbonyl (C=O) groups is 1. The zero-order chi connectivity index (χ0) is 21.0. The van der Waals surface area contributed by atoms with Gasteiger partial charge in [-0.15, -0.1) is 24.9 Å². The standard InChI is InChI=1S/C19H16F3N3O3S/c1-11-16(12(2)28-25-11)10-29-18-15(4-3-9-23-18)17(26)24-13-5-7-14(8-6-13)27-19(20,21)22/h3-9H,10H2,1-2H3,(H,24,26). The lowest BCUT2D eigenvalue weighted by Crippen LogP contribution is -2.17. The Kier molecular flexibility index (Phi) is 6.12. The summed E-state index contributed by atoms with van der Waals surface area (Å²) in [5, 5.41) is 7.06. The fourth-order valence-corrected chi connectivity index (χ4v) is 3.61. The van der Waals surface area contributed by atoms with Crippen LogP contribution in [0.3, 0.4) is 0 Å². The van der Waals surface area contributed by atoms with E-state index in [1.54, 1.807) is 18.3 Å². The third-order valence-corrected chi connectivity index (χ3v) is 4.93. The third kappa shape index (κ3) is 5.50. The monoisotopic (exact) mass is 423 g/mol. The van der Waals surface area contributed by atoms with Crippen LogP contribution in [0.25, 0.3) is 0 Å². The Labute approximate surface area is 168 Å². The van der Waals surface area contributed by atoms with Gasteiger partial charge in [-0.05, 0) is 50.2 Å². The van der Waals surface area contributed by atoms with Crippen LogP contribution in [0.2, 0.25) is 0 Å². The molecule has 29 heavy (non-hydrogen) atoms. The largest absolute Gasteiger partial charge is 0.573 e. The molecule has 0 atom stereocenters. The molecule has 152 valence electrons. The number of rotatable bonds is 6. The summed E-state index contributed by atoms with van der Waals surface area (Å²) in [7, 11) is 0. The van der Waals surface area contributed by atoms with E-state index in [0.717, 1.165) is 23.4 Å². The lowest BCUT2D eigenvalue weighted by molar-refractivity contribution is -0.274. The number of nitrogens with one attached hydrogen (secondary N) is 1. The highest BCUT2D eigenvalue weighted by Gasteiger charge is 2.31. The van der Waals surface area contributed by atoms with Gasteiger partial charge in [0.2, 0.25) is 0 Å². The smallest absolute Gasteiger partial charge is 0.406 e. The predicted octanol–water partition coefficient (Wildman–Crippen LogP) is 5.13. The Balaban J connectivity index is 1.70. The van der Waals surface area contributed by atoms with Crippen molar-refractivity contribution in [2.45, 2.75) is 31.0 Å². The Morgan fingerprint density at radius 2 is 1.93 bits per heavy atom. The van der Waals surface area contributed by atoms with Gasteiger partial charge in [-0.3, -0.25) is 4.79 Å². The van der Waals surface area contributed by atoms with Crippen molar-refractivity contribution in [2.75, 3.05) is 5.32 Å². The van der Waals surface area contributed by atoms with E-state index in [1.807, 2.05) is 13.8 Å². The summed E-state index contributed by atoms with van der Waals surface area (Å²) in [4.78, 5) is 16.9. The molecule has 6 nitrogen and oxygen atoms in total. The average Bonchev–Trinajstić information content (AvgIpc) is 2.98. The predicted molar refractivity (Wildman–Crippen MR) is 101 cm³/mol. The van der Waals surface area contributed by atoms with E-state index in [9.17, 15) is 18.0 Å². The number of halogens is 3. The van der Waals surface area contributed by atoms with Crippen LogP contribution in [0.1, 0.15) is 27.4 Å². The van der Waals surface area contributed by atoms with Gasteiger partial charge in [0.05, 0.1) is 11.3 Å². The molecule has 1 aromatic carbocycles. The van der Waals surface area contributed by atoms with Gasteiger partial charge in [-0.25, -0.2) is 4.98 Å². The van der Waals surface area contributed by atoms with Crippen molar-refractivity contribution in [2.24, 2.45) is 0 Å². The molecule has 0 radical (unpaired) electrons. The van der Waals surface area contributed by atoms with Crippen LogP contribution in [-0.4, -0.2) is 22.4 Å². The number of hydrogen-bond acceptors (Lipinski definition) is 6. The molecule has 3 aromatic rings. The molecule has 0 aliphatic rings. The summed E-state index contributed by atoms with van der Waals surface area (Å²) < 4.78 is 45.6. The van der Waals surface area contributed by atoms with E-state index >= 15 is 0 Å². The number of benzene rings is 1. The van der Waals surface area contributed by atoms with Gasteiger partial charge in [0, 0.05) is 23.2 Å². The Hall–Kier alpha value is -3.01. The van der Waals surface area contributed by atoms with Gasteiger partial charge < -0.3 is 14.6 Å². The van der Waals surface area contributed by atoms with Crippen molar-refractivity contribution >= 4 is 23.4 Å². The van der Waals surface area contributed by atoms with Crippen molar-refractivity contribution in [3.05, 3.63) is 65.2 Å². The number of alkyl halides is 3. The highest BCUT2D eigenvalue weighted by molar-refractivity contribution is 7.98. The van der Waals surface area contributed by atoms with E-state index in [0.29, 0.717) is 27.8 Å². The van der Waals surface area contributed by atoms with Crippen molar-refractivity contribution in [3.8, 4) is 5.75 Å². The molecule has 3 rings (SSSR count). The maximum Gasteiger partial charge on any atom is 0.573 e. The highest BCUT2D eigenvalue weighted by Crippen LogP contribution is 2.28.